The van der Waals surface area contributed by atoms with Gasteiger partial charge >= 0.3 is 12.4 Å². The fourth-order valence-electron chi connectivity index (χ4n) is 2.60. The first-order valence-electron chi connectivity index (χ1n) is 7.38. The van der Waals surface area contributed by atoms with Crippen LogP contribution in [-0.4, -0.2) is 11.0 Å². The van der Waals surface area contributed by atoms with Gasteiger partial charge in [-0.25, -0.2) is 0 Å². The fraction of sp³-hybridized carbons (Fsp3) is 0.176. The number of hydrogen-bond acceptors (Lipinski definition) is 3. The van der Waals surface area contributed by atoms with Crippen LogP contribution < -0.4 is 5.32 Å². The Bertz CT molecular complexity index is 890. The van der Waals surface area contributed by atoms with E-state index in [0.717, 1.165) is 11.8 Å². The van der Waals surface area contributed by atoms with Crippen LogP contribution >= 0.6 is 11.8 Å². The minimum atomic E-state index is -5.04. The molecule has 10 heteroatoms. The van der Waals surface area contributed by atoms with Crippen molar-refractivity contribution in [3.05, 3.63) is 59.2 Å². The van der Waals surface area contributed by atoms with E-state index >= 15 is 0 Å². The highest BCUT2D eigenvalue weighted by molar-refractivity contribution is 8.14. The lowest BCUT2D eigenvalue weighted by molar-refractivity contribution is -0.143. The van der Waals surface area contributed by atoms with E-state index in [9.17, 15) is 35.9 Å². The second-order valence-corrected chi connectivity index (χ2v) is 6.72. The molecule has 0 spiro atoms. The zero-order chi connectivity index (χ0) is 20.0. The van der Waals surface area contributed by atoms with Crippen LogP contribution in [0.5, 0.6) is 0 Å². The van der Waals surface area contributed by atoms with E-state index in [0.29, 0.717) is 22.6 Å². The number of alkyl halides is 6. The van der Waals surface area contributed by atoms with Gasteiger partial charge in [0.2, 0.25) is 11.0 Å². The number of hydrogen-bond donors (Lipinski definition) is 1. The number of amides is 1. The molecule has 0 aromatic heterocycles. The van der Waals surface area contributed by atoms with Crippen LogP contribution in [0.3, 0.4) is 0 Å². The molecule has 1 aliphatic heterocycles. The zero-order valence-corrected chi connectivity index (χ0v) is 13.9. The van der Waals surface area contributed by atoms with E-state index in [1.807, 2.05) is 5.32 Å². The van der Waals surface area contributed by atoms with Gasteiger partial charge in [0.25, 0.3) is 0 Å². The van der Waals surface area contributed by atoms with E-state index in [-0.39, 0.29) is 6.07 Å². The molecule has 1 unspecified atom stereocenters. The van der Waals surface area contributed by atoms with Gasteiger partial charge in [-0.05, 0) is 29.8 Å². The molecule has 1 atom stereocenters. The molecule has 1 heterocycles. The molecule has 27 heavy (non-hydrogen) atoms. The maximum absolute atomic E-state index is 12.9. The number of halogens is 6. The van der Waals surface area contributed by atoms with Gasteiger partial charge in [-0.3, -0.25) is 9.59 Å². The summed E-state index contributed by atoms with van der Waals surface area (Å²) in [5.74, 6) is -2.31. The van der Waals surface area contributed by atoms with Crippen LogP contribution in [0.2, 0.25) is 0 Å². The first-order chi connectivity index (χ1) is 12.5. The summed E-state index contributed by atoms with van der Waals surface area (Å²) in [6, 6.07) is 7.06. The Labute approximate surface area is 152 Å². The van der Waals surface area contributed by atoms with Gasteiger partial charge < -0.3 is 5.32 Å². The van der Waals surface area contributed by atoms with E-state index in [2.05, 4.69) is 0 Å². The van der Waals surface area contributed by atoms with Crippen LogP contribution in [-0.2, 0) is 21.9 Å². The van der Waals surface area contributed by atoms with E-state index in [4.69, 9.17) is 0 Å². The zero-order valence-electron chi connectivity index (χ0n) is 13.1. The lowest BCUT2D eigenvalue weighted by Gasteiger charge is -2.16. The molecule has 142 valence electrons. The predicted molar refractivity (Wildman–Crippen MR) is 85.1 cm³/mol. The number of anilines is 1. The first kappa shape index (κ1) is 19.3. The van der Waals surface area contributed by atoms with Crippen molar-refractivity contribution in [3.8, 4) is 0 Å². The van der Waals surface area contributed by atoms with Crippen molar-refractivity contribution in [3.63, 3.8) is 0 Å². The van der Waals surface area contributed by atoms with Crippen molar-refractivity contribution >= 4 is 28.5 Å². The molecule has 0 bridgehead atoms. The van der Waals surface area contributed by atoms with Crippen LogP contribution in [0.1, 0.15) is 22.6 Å². The molecular formula is C17H9F6NO2S. The van der Waals surface area contributed by atoms with Crippen molar-refractivity contribution in [1.82, 2.24) is 0 Å². The molecule has 0 radical (unpaired) electrons. The van der Waals surface area contributed by atoms with Crippen molar-refractivity contribution in [2.24, 2.45) is 0 Å². The Balaban J connectivity index is 1.96. The monoisotopic (exact) mass is 405 g/mol. The largest absolute Gasteiger partial charge is 0.416 e. The average Bonchev–Trinajstić information content (AvgIpc) is 2.88. The maximum atomic E-state index is 12.9. The van der Waals surface area contributed by atoms with Crippen LogP contribution in [0, 0.1) is 0 Å². The highest BCUT2D eigenvalue weighted by Crippen LogP contribution is 2.42. The Morgan fingerprint density at radius 1 is 0.926 bits per heavy atom. The van der Waals surface area contributed by atoms with Gasteiger partial charge in [-0.2, -0.15) is 26.3 Å². The summed E-state index contributed by atoms with van der Waals surface area (Å²) in [6.45, 7) is 0. The summed E-state index contributed by atoms with van der Waals surface area (Å²) in [4.78, 5) is 25.0. The standard InChI is InChI=1S/C17H9F6NO2S/c18-16(19,20)8-5-9(17(21,22)23)7-10(6-8)24-14(25)13-11-3-1-2-4-12(11)27-15(13)26/h1-7,13H,(H,24,25). The van der Waals surface area contributed by atoms with E-state index in [1.165, 1.54) is 6.07 Å². The predicted octanol–water partition coefficient (Wildman–Crippen LogP) is 5.08. The third kappa shape index (κ3) is 3.95. The Morgan fingerprint density at radius 2 is 1.48 bits per heavy atom. The average molecular weight is 405 g/mol. The van der Waals surface area contributed by atoms with Gasteiger partial charge in [-0.1, -0.05) is 30.0 Å². The topological polar surface area (TPSA) is 46.2 Å². The van der Waals surface area contributed by atoms with Crippen molar-refractivity contribution in [2.75, 3.05) is 5.32 Å². The van der Waals surface area contributed by atoms with Crippen LogP contribution in [0.15, 0.2) is 47.4 Å². The van der Waals surface area contributed by atoms with Crippen molar-refractivity contribution in [2.45, 2.75) is 23.2 Å². The minimum Gasteiger partial charge on any atom is -0.325 e. The van der Waals surface area contributed by atoms with Crippen LogP contribution in [0.25, 0.3) is 0 Å². The number of carbonyl (C=O) groups is 2. The highest BCUT2D eigenvalue weighted by Gasteiger charge is 2.39. The summed E-state index contributed by atoms with van der Waals surface area (Å²) >= 11 is 0.793. The quantitative estimate of drug-likeness (QED) is 0.560. The SMILES string of the molecule is O=C(Nc1cc(C(F)(F)F)cc(C(F)(F)F)c1)C1C(=O)Sc2ccccc21. The number of thioether (sulfide) groups is 1. The van der Waals surface area contributed by atoms with Crippen LogP contribution in [0.4, 0.5) is 32.0 Å². The molecule has 1 N–H and O–H groups in total. The second-order valence-electron chi connectivity index (χ2n) is 5.68. The van der Waals surface area contributed by atoms with E-state index < -0.39 is 46.1 Å². The molecule has 3 nitrogen and oxygen atoms in total. The first-order valence-corrected chi connectivity index (χ1v) is 8.19. The molecule has 1 aliphatic rings. The number of rotatable bonds is 2. The summed E-state index contributed by atoms with van der Waals surface area (Å²) in [7, 11) is 0. The summed E-state index contributed by atoms with van der Waals surface area (Å²) in [5.41, 5.74) is -3.45. The number of benzene rings is 2. The van der Waals surface area contributed by atoms with Gasteiger partial charge in [0, 0.05) is 10.6 Å². The van der Waals surface area contributed by atoms with Gasteiger partial charge in [0.1, 0.15) is 5.92 Å². The molecule has 2 aromatic rings. The van der Waals surface area contributed by atoms with Gasteiger partial charge in [0.15, 0.2) is 0 Å². The molecular weight excluding hydrogens is 396 g/mol. The Kier molecular flexibility index (Phi) is 4.71. The Morgan fingerprint density at radius 3 is 2.04 bits per heavy atom. The number of carbonyl (C=O) groups excluding carboxylic acids is 2. The minimum absolute atomic E-state index is 0.0401. The fourth-order valence-corrected chi connectivity index (χ4v) is 3.61. The molecule has 0 saturated carbocycles. The third-order valence-corrected chi connectivity index (χ3v) is 4.82. The normalized spacial score (nSPS) is 17.0. The number of nitrogens with one attached hydrogen (secondary N) is 1. The molecule has 0 fully saturated rings. The molecule has 1 amide bonds. The summed E-state index contributed by atoms with van der Waals surface area (Å²) in [6.07, 6.45) is -10.1. The second kappa shape index (κ2) is 6.59. The smallest absolute Gasteiger partial charge is 0.325 e. The van der Waals surface area contributed by atoms with Gasteiger partial charge in [0.05, 0.1) is 11.1 Å². The number of fused-ring (bicyclic) bond motifs is 1. The van der Waals surface area contributed by atoms with Crippen molar-refractivity contribution < 1.29 is 35.9 Å². The summed E-state index contributed by atoms with van der Waals surface area (Å²) in [5, 5.41) is 1.45. The van der Waals surface area contributed by atoms with Gasteiger partial charge in [-0.15, -0.1) is 0 Å². The van der Waals surface area contributed by atoms with Crippen molar-refractivity contribution in [1.29, 1.82) is 0 Å². The summed E-state index contributed by atoms with van der Waals surface area (Å²) < 4.78 is 77.4. The molecule has 3 rings (SSSR count). The lowest BCUT2D eigenvalue weighted by atomic mass is 9.99. The molecule has 0 saturated heterocycles. The Hall–Kier alpha value is -2.49. The third-order valence-electron chi connectivity index (χ3n) is 3.79. The maximum Gasteiger partial charge on any atom is 0.416 e. The lowest BCUT2D eigenvalue weighted by Crippen LogP contribution is -2.24. The van der Waals surface area contributed by atoms with E-state index in [1.54, 1.807) is 18.2 Å². The highest BCUT2D eigenvalue weighted by atomic mass is 32.2. The molecule has 2 aromatic carbocycles. The molecule has 0 aliphatic carbocycles.